The van der Waals surface area contributed by atoms with E-state index in [0.717, 1.165) is 24.7 Å². The highest BCUT2D eigenvalue weighted by Crippen LogP contribution is 2.24. The van der Waals surface area contributed by atoms with Crippen molar-refractivity contribution in [3.8, 4) is 0 Å². The lowest BCUT2D eigenvalue weighted by atomic mass is 9.91. The van der Waals surface area contributed by atoms with Crippen molar-refractivity contribution in [2.75, 3.05) is 13.1 Å². The first-order chi connectivity index (χ1) is 7.70. The second-order valence-electron chi connectivity index (χ2n) is 4.78. The van der Waals surface area contributed by atoms with E-state index in [1.165, 1.54) is 24.4 Å². The number of likely N-dealkylation sites (tertiary alicyclic amines) is 1. The highest BCUT2D eigenvalue weighted by atomic mass is 35.5. The van der Waals surface area contributed by atoms with E-state index < -0.39 is 0 Å². The maximum absolute atomic E-state index is 5.88. The predicted molar refractivity (Wildman–Crippen MR) is 75.7 cm³/mol. The molecule has 0 spiro atoms. The van der Waals surface area contributed by atoms with E-state index in [4.69, 9.17) is 5.73 Å². The summed E-state index contributed by atoms with van der Waals surface area (Å²) in [5.74, 6) is 0.722. The van der Waals surface area contributed by atoms with Crippen LogP contribution in [0, 0.1) is 12.8 Å². The number of nitrogens with two attached hydrogens (primary N) is 1. The van der Waals surface area contributed by atoms with Crippen molar-refractivity contribution in [3.05, 3.63) is 16.1 Å². The van der Waals surface area contributed by atoms with Gasteiger partial charge in [0.05, 0.1) is 6.54 Å². The van der Waals surface area contributed by atoms with E-state index in [9.17, 15) is 0 Å². The quantitative estimate of drug-likeness (QED) is 0.921. The molecule has 3 nitrogen and oxygen atoms in total. The molecule has 2 unspecified atom stereocenters. The smallest absolute Gasteiger partial charge is 0.107 e. The maximum atomic E-state index is 5.88. The van der Waals surface area contributed by atoms with Gasteiger partial charge in [-0.05, 0) is 32.2 Å². The minimum absolute atomic E-state index is 0. The molecule has 1 aliphatic heterocycles. The molecule has 0 aliphatic carbocycles. The monoisotopic (exact) mass is 275 g/mol. The SMILES string of the molecule is Cc1csc(CN2CCCC(C)C2CN)n1.Cl. The third kappa shape index (κ3) is 3.65. The molecule has 2 heterocycles. The Hall–Kier alpha value is -0.160. The van der Waals surface area contributed by atoms with Crippen LogP contribution in [0.4, 0.5) is 0 Å². The molecule has 0 saturated carbocycles. The molecule has 1 aromatic rings. The fourth-order valence-electron chi connectivity index (χ4n) is 2.56. The van der Waals surface area contributed by atoms with Crippen molar-refractivity contribution in [1.29, 1.82) is 0 Å². The zero-order chi connectivity index (χ0) is 11.5. The van der Waals surface area contributed by atoms with Crippen LogP contribution in [0.1, 0.15) is 30.5 Å². The number of rotatable bonds is 3. The minimum Gasteiger partial charge on any atom is -0.329 e. The lowest BCUT2D eigenvalue weighted by Gasteiger charge is -2.38. The summed E-state index contributed by atoms with van der Waals surface area (Å²) in [4.78, 5) is 7.04. The fourth-order valence-corrected chi connectivity index (χ4v) is 3.36. The van der Waals surface area contributed by atoms with Crippen LogP contribution in [0.15, 0.2) is 5.38 Å². The molecule has 5 heteroatoms. The van der Waals surface area contributed by atoms with Crippen molar-refractivity contribution in [2.24, 2.45) is 11.7 Å². The van der Waals surface area contributed by atoms with E-state index in [2.05, 4.69) is 29.1 Å². The lowest BCUT2D eigenvalue weighted by Crippen LogP contribution is -2.47. The van der Waals surface area contributed by atoms with Gasteiger partial charge in [-0.25, -0.2) is 4.98 Å². The standard InChI is InChI=1S/C12H21N3S.ClH/c1-9-4-3-5-15(11(9)6-13)7-12-14-10(2)8-16-12;/h8-9,11H,3-7,13H2,1-2H3;1H. The van der Waals surface area contributed by atoms with E-state index in [0.29, 0.717) is 6.04 Å². The van der Waals surface area contributed by atoms with Crippen LogP contribution in [0.5, 0.6) is 0 Å². The second kappa shape index (κ2) is 6.69. The summed E-state index contributed by atoms with van der Waals surface area (Å²) in [6, 6.07) is 0.540. The Bertz CT molecular complexity index is 342. The van der Waals surface area contributed by atoms with Gasteiger partial charge in [-0.3, -0.25) is 4.90 Å². The highest BCUT2D eigenvalue weighted by Gasteiger charge is 2.27. The van der Waals surface area contributed by atoms with Crippen molar-refractivity contribution < 1.29 is 0 Å². The Kier molecular flexibility index (Phi) is 5.86. The highest BCUT2D eigenvalue weighted by molar-refractivity contribution is 7.09. The summed E-state index contributed by atoms with van der Waals surface area (Å²) >= 11 is 1.76. The number of aryl methyl sites for hydroxylation is 1. The molecule has 0 bridgehead atoms. The fraction of sp³-hybridized carbons (Fsp3) is 0.750. The van der Waals surface area contributed by atoms with Crippen LogP contribution in [-0.2, 0) is 6.54 Å². The van der Waals surface area contributed by atoms with Crippen molar-refractivity contribution in [1.82, 2.24) is 9.88 Å². The van der Waals surface area contributed by atoms with E-state index in [-0.39, 0.29) is 12.4 Å². The Labute approximate surface area is 114 Å². The normalized spacial score (nSPS) is 25.6. The average molecular weight is 276 g/mol. The van der Waals surface area contributed by atoms with Gasteiger partial charge in [0.2, 0.25) is 0 Å². The van der Waals surface area contributed by atoms with Gasteiger partial charge in [0.15, 0.2) is 0 Å². The second-order valence-corrected chi connectivity index (χ2v) is 5.72. The van der Waals surface area contributed by atoms with Gasteiger partial charge in [-0.1, -0.05) is 6.92 Å². The molecule has 1 saturated heterocycles. The van der Waals surface area contributed by atoms with Crippen molar-refractivity contribution in [3.63, 3.8) is 0 Å². The molecular formula is C12H22ClN3S. The van der Waals surface area contributed by atoms with Crippen LogP contribution in [0.3, 0.4) is 0 Å². The number of thiazole rings is 1. The number of hydrogen-bond acceptors (Lipinski definition) is 4. The van der Waals surface area contributed by atoms with Crippen LogP contribution in [0.2, 0.25) is 0 Å². The Balaban J connectivity index is 0.00000144. The number of hydrogen-bond donors (Lipinski definition) is 1. The molecule has 2 rings (SSSR count). The van der Waals surface area contributed by atoms with Crippen LogP contribution in [-0.4, -0.2) is 29.0 Å². The van der Waals surface area contributed by atoms with Gasteiger partial charge in [-0.2, -0.15) is 0 Å². The topological polar surface area (TPSA) is 42.1 Å². The first-order valence-electron chi connectivity index (χ1n) is 6.06. The molecule has 1 fully saturated rings. The molecule has 2 N–H and O–H groups in total. The summed E-state index contributed by atoms with van der Waals surface area (Å²) in [7, 11) is 0. The number of piperidine rings is 1. The van der Waals surface area contributed by atoms with Gasteiger partial charge in [0.25, 0.3) is 0 Å². The summed E-state index contributed by atoms with van der Waals surface area (Å²) in [5, 5.41) is 3.35. The van der Waals surface area contributed by atoms with Crippen molar-refractivity contribution >= 4 is 23.7 Å². The van der Waals surface area contributed by atoms with Crippen LogP contribution >= 0.6 is 23.7 Å². The molecule has 0 amide bonds. The van der Waals surface area contributed by atoms with Gasteiger partial charge in [0, 0.05) is 23.7 Å². The Morgan fingerprint density at radius 1 is 1.59 bits per heavy atom. The minimum atomic E-state index is 0. The third-order valence-corrected chi connectivity index (χ3v) is 4.43. The first-order valence-corrected chi connectivity index (χ1v) is 6.94. The molecule has 0 aromatic carbocycles. The molecule has 0 radical (unpaired) electrons. The van der Waals surface area contributed by atoms with Gasteiger partial charge in [0.1, 0.15) is 5.01 Å². The number of nitrogens with zero attached hydrogens (tertiary/aromatic N) is 2. The molecule has 98 valence electrons. The molecule has 1 aliphatic rings. The number of aromatic nitrogens is 1. The average Bonchev–Trinajstić information content (AvgIpc) is 2.64. The van der Waals surface area contributed by atoms with E-state index >= 15 is 0 Å². The van der Waals surface area contributed by atoms with Crippen molar-refractivity contribution in [2.45, 2.75) is 39.3 Å². The molecule has 1 aromatic heterocycles. The lowest BCUT2D eigenvalue weighted by molar-refractivity contribution is 0.0989. The van der Waals surface area contributed by atoms with Gasteiger partial charge >= 0.3 is 0 Å². The van der Waals surface area contributed by atoms with E-state index in [1.54, 1.807) is 11.3 Å². The zero-order valence-corrected chi connectivity index (χ0v) is 12.2. The Morgan fingerprint density at radius 2 is 2.35 bits per heavy atom. The van der Waals surface area contributed by atoms with Gasteiger partial charge in [-0.15, -0.1) is 23.7 Å². The largest absolute Gasteiger partial charge is 0.329 e. The summed E-state index contributed by atoms with van der Waals surface area (Å²) < 4.78 is 0. The maximum Gasteiger partial charge on any atom is 0.107 e. The Morgan fingerprint density at radius 3 is 2.94 bits per heavy atom. The summed E-state index contributed by atoms with van der Waals surface area (Å²) in [5.41, 5.74) is 7.02. The first kappa shape index (κ1) is 14.9. The zero-order valence-electron chi connectivity index (χ0n) is 10.6. The number of halogens is 1. The van der Waals surface area contributed by atoms with Crippen LogP contribution in [0.25, 0.3) is 0 Å². The molecule has 2 atom stereocenters. The summed E-state index contributed by atoms with van der Waals surface area (Å²) in [6.45, 7) is 7.29. The van der Waals surface area contributed by atoms with Gasteiger partial charge < -0.3 is 5.73 Å². The molecule has 17 heavy (non-hydrogen) atoms. The van der Waals surface area contributed by atoms with Crippen LogP contribution < -0.4 is 5.73 Å². The predicted octanol–water partition coefficient (Wildman–Crippen LogP) is 2.43. The summed E-state index contributed by atoms with van der Waals surface area (Å²) in [6.07, 6.45) is 2.61. The van der Waals surface area contributed by atoms with E-state index in [1.807, 2.05) is 0 Å². The third-order valence-electron chi connectivity index (χ3n) is 3.48. The molecular weight excluding hydrogens is 254 g/mol.